The predicted molar refractivity (Wildman–Crippen MR) is 87.8 cm³/mol. The van der Waals surface area contributed by atoms with Gasteiger partial charge in [0.25, 0.3) is 5.91 Å². The van der Waals surface area contributed by atoms with Crippen molar-refractivity contribution >= 4 is 11.8 Å². The molecule has 1 aromatic carbocycles. The minimum atomic E-state index is -0.221. The van der Waals surface area contributed by atoms with Gasteiger partial charge in [-0.25, -0.2) is 4.98 Å². The minimum absolute atomic E-state index is 0.0224. The second-order valence-electron chi connectivity index (χ2n) is 6.11. The van der Waals surface area contributed by atoms with Crippen LogP contribution < -0.4 is 5.32 Å². The standard InChI is InChI=1S/C17H19N5O2/c23-16-15-11-21(10-9-20(15)8-6-19-16)17(24)13-1-3-14(4-2-13)22-7-5-18-12-22/h1-5,7,12,15H,6,8-11H2,(H,19,23)/t15-/m0/s1. The van der Waals surface area contributed by atoms with Gasteiger partial charge in [0.15, 0.2) is 0 Å². The number of imidazole rings is 1. The van der Waals surface area contributed by atoms with Crippen LogP contribution in [-0.4, -0.2) is 69.9 Å². The third-order valence-corrected chi connectivity index (χ3v) is 4.70. The molecule has 3 heterocycles. The third-order valence-electron chi connectivity index (χ3n) is 4.70. The van der Waals surface area contributed by atoms with Crippen LogP contribution in [0.3, 0.4) is 0 Å². The van der Waals surface area contributed by atoms with Gasteiger partial charge in [0, 0.05) is 56.4 Å². The van der Waals surface area contributed by atoms with Gasteiger partial charge < -0.3 is 14.8 Å². The number of fused-ring (bicyclic) bond motifs is 1. The maximum Gasteiger partial charge on any atom is 0.253 e. The number of hydrogen-bond donors (Lipinski definition) is 1. The maximum absolute atomic E-state index is 12.7. The summed E-state index contributed by atoms with van der Waals surface area (Å²) >= 11 is 0. The Bertz CT molecular complexity index is 741. The molecular weight excluding hydrogens is 306 g/mol. The van der Waals surface area contributed by atoms with Crippen molar-refractivity contribution in [2.24, 2.45) is 0 Å². The van der Waals surface area contributed by atoms with Gasteiger partial charge in [-0.05, 0) is 24.3 Å². The van der Waals surface area contributed by atoms with E-state index in [1.54, 1.807) is 17.4 Å². The lowest BCUT2D eigenvalue weighted by atomic mass is 10.1. The van der Waals surface area contributed by atoms with Crippen LogP contribution in [0.25, 0.3) is 5.69 Å². The zero-order chi connectivity index (χ0) is 16.5. The van der Waals surface area contributed by atoms with Crippen molar-refractivity contribution in [3.63, 3.8) is 0 Å². The summed E-state index contributed by atoms with van der Waals surface area (Å²) < 4.78 is 1.89. The highest BCUT2D eigenvalue weighted by Crippen LogP contribution is 2.16. The van der Waals surface area contributed by atoms with E-state index in [2.05, 4.69) is 15.2 Å². The number of nitrogens with zero attached hydrogens (tertiary/aromatic N) is 4. The Balaban J connectivity index is 1.48. The molecule has 0 radical (unpaired) electrons. The number of carbonyl (C=O) groups is 2. The van der Waals surface area contributed by atoms with Gasteiger partial charge in [0.1, 0.15) is 6.04 Å². The zero-order valence-electron chi connectivity index (χ0n) is 13.3. The van der Waals surface area contributed by atoms with Crippen molar-refractivity contribution in [1.82, 2.24) is 24.7 Å². The molecule has 4 rings (SSSR count). The topological polar surface area (TPSA) is 70.5 Å². The number of rotatable bonds is 2. The van der Waals surface area contributed by atoms with Crippen LogP contribution >= 0.6 is 0 Å². The summed E-state index contributed by atoms with van der Waals surface area (Å²) in [7, 11) is 0. The van der Waals surface area contributed by atoms with Gasteiger partial charge in [-0.15, -0.1) is 0 Å². The number of benzene rings is 1. The molecule has 1 aromatic heterocycles. The molecule has 2 aromatic rings. The smallest absolute Gasteiger partial charge is 0.253 e. The van der Waals surface area contributed by atoms with Crippen molar-refractivity contribution in [3.05, 3.63) is 48.5 Å². The Morgan fingerprint density at radius 2 is 2.00 bits per heavy atom. The van der Waals surface area contributed by atoms with Crippen LogP contribution in [0.15, 0.2) is 43.0 Å². The Morgan fingerprint density at radius 1 is 1.17 bits per heavy atom. The lowest BCUT2D eigenvalue weighted by Gasteiger charge is -2.43. The fraction of sp³-hybridized carbons (Fsp3) is 0.353. The Hall–Kier alpha value is -2.67. The molecule has 7 nitrogen and oxygen atoms in total. The summed E-state index contributed by atoms with van der Waals surface area (Å²) in [6.07, 6.45) is 5.29. The monoisotopic (exact) mass is 325 g/mol. The second kappa shape index (κ2) is 6.09. The normalized spacial score (nSPS) is 21.2. The predicted octanol–water partition coefficient (Wildman–Crippen LogP) is 0.129. The van der Waals surface area contributed by atoms with E-state index >= 15 is 0 Å². The first-order valence-electron chi connectivity index (χ1n) is 8.12. The summed E-state index contributed by atoms with van der Waals surface area (Å²) in [6.45, 7) is 3.41. The second-order valence-corrected chi connectivity index (χ2v) is 6.11. The van der Waals surface area contributed by atoms with E-state index in [4.69, 9.17) is 0 Å². The summed E-state index contributed by atoms with van der Waals surface area (Å²) in [6, 6.07) is 7.23. The Kier molecular flexibility index (Phi) is 3.78. The molecule has 124 valence electrons. The first-order valence-corrected chi connectivity index (χ1v) is 8.12. The molecule has 7 heteroatoms. The summed E-state index contributed by atoms with van der Waals surface area (Å²) in [5.74, 6) is -0.000546. The molecule has 0 unspecified atom stereocenters. The maximum atomic E-state index is 12.7. The van der Waals surface area contributed by atoms with E-state index in [9.17, 15) is 9.59 Å². The molecule has 2 amide bonds. The van der Waals surface area contributed by atoms with Crippen molar-refractivity contribution in [1.29, 1.82) is 0 Å². The van der Waals surface area contributed by atoms with Gasteiger partial charge in [0.05, 0.1) is 6.33 Å². The average Bonchev–Trinajstić information content (AvgIpc) is 3.16. The van der Waals surface area contributed by atoms with Crippen LogP contribution in [0.5, 0.6) is 0 Å². The summed E-state index contributed by atoms with van der Waals surface area (Å²) in [4.78, 5) is 32.7. The van der Waals surface area contributed by atoms with Crippen LogP contribution in [0.2, 0.25) is 0 Å². The number of hydrogen-bond acceptors (Lipinski definition) is 4. The van der Waals surface area contributed by atoms with Gasteiger partial charge in [-0.2, -0.15) is 0 Å². The molecule has 2 saturated heterocycles. The van der Waals surface area contributed by atoms with E-state index < -0.39 is 0 Å². The van der Waals surface area contributed by atoms with Crippen LogP contribution in [0.1, 0.15) is 10.4 Å². The molecule has 1 atom stereocenters. The van der Waals surface area contributed by atoms with Gasteiger partial charge >= 0.3 is 0 Å². The van der Waals surface area contributed by atoms with E-state index in [1.165, 1.54) is 0 Å². The number of carbonyl (C=O) groups excluding carboxylic acids is 2. The lowest BCUT2D eigenvalue weighted by molar-refractivity contribution is -0.131. The van der Waals surface area contributed by atoms with E-state index in [0.717, 1.165) is 18.8 Å². The van der Waals surface area contributed by atoms with Gasteiger partial charge in [-0.3, -0.25) is 14.5 Å². The Morgan fingerprint density at radius 3 is 2.75 bits per heavy atom. The molecule has 2 aliphatic rings. The molecule has 0 spiro atoms. The minimum Gasteiger partial charge on any atom is -0.353 e. The molecule has 1 N–H and O–H groups in total. The Labute approximate surface area is 139 Å². The van der Waals surface area contributed by atoms with Gasteiger partial charge in [0.2, 0.25) is 5.91 Å². The quantitative estimate of drug-likeness (QED) is 0.852. The molecular formula is C17H19N5O2. The zero-order valence-corrected chi connectivity index (χ0v) is 13.3. The highest BCUT2D eigenvalue weighted by molar-refractivity contribution is 5.95. The van der Waals surface area contributed by atoms with Crippen molar-refractivity contribution in [3.8, 4) is 5.69 Å². The number of nitrogens with one attached hydrogen (secondary N) is 1. The first kappa shape index (κ1) is 14.9. The van der Waals surface area contributed by atoms with Crippen molar-refractivity contribution < 1.29 is 9.59 Å². The molecule has 2 fully saturated rings. The van der Waals surface area contributed by atoms with Crippen LogP contribution in [0.4, 0.5) is 0 Å². The molecule has 0 aliphatic carbocycles. The third kappa shape index (κ3) is 2.67. The number of piperazine rings is 2. The van der Waals surface area contributed by atoms with Gasteiger partial charge in [-0.1, -0.05) is 0 Å². The van der Waals surface area contributed by atoms with Crippen LogP contribution in [-0.2, 0) is 4.79 Å². The fourth-order valence-corrected chi connectivity index (χ4v) is 3.33. The van der Waals surface area contributed by atoms with E-state index in [0.29, 0.717) is 25.2 Å². The summed E-state index contributed by atoms with van der Waals surface area (Å²) in [5, 5.41) is 2.88. The molecule has 0 saturated carbocycles. The lowest BCUT2D eigenvalue weighted by Crippen LogP contribution is -2.64. The molecule has 24 heavy (non-hydrogen) atoms. The highest BCUT2D eigenvalue weighted by atomic mass is 16.2. The molecule has 0 bridgehead atoms. The van der Waals surface area contributed by atoms with Crippen molar-refractivity contribution in [2.45, 2.75) is 6.04 Å². The van der Waals surface area contributed by atoms with E-state index in [-0.39, 0.29) is 17.9 Å². The first-order chi connectivity index (χ1) is 11.7. The fourth-order valence-electron chi connectivity index (χ4n) is 3.33. The number of aromatic nitrogens is 2. The van der Waals surface area contributed by atoms with Crippen molar-refractivity contribution in [2.75, 3.05) is 32.7 Å². The number of amides is 2. The molecule has 2 aliphatic heterocycles. The highest BCUT2D eigenvalue weighted by Gasteiger charge is 2.36. The summed E-state index contributed by atoms with van der Waals surface area (Å²) in [5.41, 5.74) is 1.60. The van der Waals surface area contributed by atoms with Crippen LogP contribution in [0, 0.1) is 0 Å². The van der Waals surface area contributed by atoms with E-state index in [1.807, 2.05) is 35.0 Å². The SMILES string of the molecule is O=C1NCCN2CCN(C(=O)c3ccc(-n4ccnc4)cc3)C[C@@H]12. The average molecular weight is 325 g/mol. The largest absolute Gasteiger partial charge is 0.353 e.